The van der Waals surface area contributed by atoms with E-state index >= 15 is 0 Å². The molecule has 0 aliphatic carbocycles. The normalized spacial score (nSPS) is 10.3. The summed E-state index contributed by atoms with van der Waals surface area (Å²) < 4.78 is 8.38. The minimum Gasteiger partial charge on any atom is -0.328 e. The number of rotatable bonds is 1. The monoisotopic (exact) mass is 276 g/mol. The van der Waals surface area contributed by atoms with E-state index in [0.717, 1.165) is 5.69 Å². The Kier molecular flexibility index (Phi) is 1.95. The third-order valence-electron chi connectivity index (χ3n) is 1.46. The topological polar surface area (TPSA) is 24.9 Å². The van der Waals surface area contributed by atoms with E-state index in [1.165, 1.54) is 21.6 Å². The first kappa shape index (κ1) is 7.30. The van der Waals surface area contributed by atoms with E-state index in [0.29, 0.717) is 0 Å². The highest BCUT2D eigenvalue weighted by atomic mass is 127. The summed E-state index contributed by atoms with van der Waals surface area (Å²) in [7, 11) is 0. The molecule has 1 N–H and O–H groups in total. The zero-order chi connectivity index (χ0) is 7.68. The zero-order valence-corrected chi connectivity index (χ0v) is 8.52. The van der Waals surface area contributed by atoms with Gasteiger partial charge in [-0.15, -0.1) is 0 Å². The van der Waals surface area contributed by atoms with Gasteiger partial charge in [-0.25, -0.2) is 0 Å². The number of benzene rings is 1. The van der Waals surface area contributed by atoms with Crippen molar-refractivity contribution in [3.05, 3.63) is 24.4 Å². The molecule has 0 fully saturated rings. The maximum absolute atomic E-state index is 4.09. The molecule has 4 heteroatoms. The van der Waals surface area contributed by atoms with Gasteiger partial charge in [0.2, 0.25) is 0 Å². The van der Waals surface area contributed by atoms with Gasteiger partial charge in [0.05, 0.1) is 27.6 Å². The lowest BCUT2D eigenvalue weighted by Crippen LogP contribution is -1.75. The molecule has 2 aromatic rings. The van der Waals surface area contributed by atoms with Gasteiger partial charge in [-0.1, -0.05) is 0 Å². The Morgan fingerprint density at radius 1 is 1.45 bits per heavy atom. The molecule has 1 aromatic carbocycles. The van der Waals surface area contributed by atoms with Gasteiger partial charge < -0.3 is 3.53 Å². The molecule has 0 spiro atoms. The van der Waals surface area contributed by atoms with Gasteiger partial charge in [-0.2, -0.15) is 4.37 Å². The highest BCUT2D eigenvalue weighted by Crippen LogP contribution is 2.22. The molecule has 0 saturated heterocycles. The van der Waals surface area contributed by atoms with Crippen molar-refractivity contribution in [3.63, 3.8) is 0 Å². The lowest BCUT2D eigenvalue weighted by molar-refractivity contribution is 1.61. The lowest BCUT2D eigenvalue weighted by atomic mass is 10.2. The Hall–Kier alpha value is -0.360. The maximum Gasteiger partial charge on any atom is 0.0560 e. The van der Waals surface area contributed by atoms with Crippen LogP contribution in [0.3, 0.4) is 0 Å². The molecule has 11 heavy (non-hydrogen) atoms. The van der Waals surface area contributed by atoms with Crippen molar-refractivity contribution in [1.82, 2.24) is 4.37 Å². The summed E-state index contributed by atoms with van der Waals surface area (Å²) in [6, 6.07) is 6.21. The summed E-state index contributed by atoms with van der Waals surface area (Å²) in [5, 5.41) is 1.21. The first-order valence-corrected chi connectivity index (χ1v) is 4.96. The molecular weight excluding hydrogens is 271 g/mol. The van der Waals surface area contributed by atoms with Crippen LogP contribution in [0, 0.1) is 0 Å². The zero-order valence-electron chi connectivity index (χ0n) is 5.54. The standard InChI is InChI=1S/C7H5IN2S/c8-10-6-1-2-7-5(3-6)4-9-11-7/h1-4,10H. The molecule has 1 heterocycles. The maximum atomic E-state index is 4.09. The molecule has 56 valence electrons. The number of aromatic nitrogens is 1. The van der Waals surface area contributed by atoms with Crippen molar-refractivity contribution in [2.24, 2.45) is 0 Å². The number of hydrogen-bond donors (Lipinski definition) is 1. The molecule has 2 rings (SSSR count). The first-order chi connectivity index (χ1) is 5.40. The van der Waals surface area contributed by atoms with Crippen LogP contribution in [0.5, 0.6) is 0 Å². The number of nitrogens with zero attached hydrogens (tertiary/aromatic N) is 1. The fraction of sp³-hybridized carbons (Fsp3) is 0. The van der Waals surface area contributed by atoms with Crippen LogP contribution in [0.1, 0.15) is 0 Å². The summed E-state index contributed by atoms with van der Waals surface area (Å²) in [5.41, 5.74) is 1.12. The fourth-order valence-corrected chi connectivity index (χ4v) is 1.89. The predicted octanol–water partition coefficient (Wildman–Crippen LogP) is 3.06. The number of halogens is 1. The summed E-state index contributed by atoms with van der Waals surface area (Å²) in [4.78, 5) is 0. The van der Waals surface area contributed by atoms with Crippen molar-refractivity contribution >= 4 is 50.2 Å². The van der Waals surface area contributed by atoms with Crippen molar-refractivity contribution in [1.29, 1.82) is 0 Å². The van der Waals surface area contributed by atoms with Crippen LogP contribution in [-0.2, 0) is 0 Å². The molecule has 0 unspecified atom stereocenters. The van der Waals surface area contributed by atoms with Crippen molar-refractivity contribution in [3.8, 4) is 0 Å². The van der Waals surface area contributed by atoms with Crippen molar-refractivity contribution in [2.75, 3.05) is 3.53 Å². The number of fused-ring (bicyclic) bond motifs is 1. The molecular formula is C7H5IN2S. The Bertz CT molecular complexity index is 371. The second kappa shape index (κ2) is 2.94. The Morgan fingerprint density at radius 3 is 3.18 bits per heavy atom. The Labute approximate surface area is 82.3 Å². The molecule has 2 nitrogen and oxygen atoms in total. The van der Waals surface area contributed by atoms with Gasteiger partial charge in [-0.05, 0) is 29.7 Å². The van der Waals surface area contributed by atoms with E-state index in [2.05, 4.69) is 42.9 Å². The van der Waals surface area contributed by atoms with Gasteiger partial charge >= 0.3 is 0 Å². The summed E-state index contributed by atoms with van der Waals surface area (Å²) in [6.07, 6.45) is 1.89. The van der Waals surface area contributed by atoms with Crippen LogP contribution in [-0.4, -0.2) is 4.37 Å². The molecule has 0 aliphatic rings. The van der Waals surface area contributed by atoms with Gasteiger partial charge in [-0.3, -0.25) is 0 Å². The molecule has 0 radical (unpaired) electrons. The summed E-state index contributed by atoms with van der Waals surface area (Å²) in [5.74, 6) is 0. The third-order valence-corrected chi connectivity index (χ3v) is 2.86. The van der Waals surface area contributed by atoms with Gasteiger partial charge in [0.25, 0.3) is 0 Å². The number of anilines is 1. The third kappa shape index (κ3) is 1.32. The average Bonchev–Trinajstić information content (AvgIpc) is 2.50. The highest BCUT2D eigenvalue weighted by molar-refractivity contribution is 14.1. The van der Waals surface area contributed by atoms with E-state index in [-0.39, 0.29) is 0 Å². The van der Waals surface area contributed by atoms with Crippen LogP contribution in [0.15, 0.2) is 24.4 Å². The number of hydrogen-bond acceptors (Lipinski definition) is 3. The molecule has 1 aromatic heterocycles. The quantitative estimate of drug-likeness (QED) is 0.639. The van der Waals surface area contributed by atoms with Crippen LogP contribution < -0.4 is 3.53 Å². The predicted molar refractivity (Wildman–Crippen MR) is 57.3 cm³/mol. The minimum atomic E-state index is 1.12. The lowest BCUT2D eigenvalue weighted by Gasteiger charge is -1.95. The van der Waals surface area contributed by atoms with Gasteiger partial charge in [0.15, 0.2) is 0 Å². The second-order valence-corrected chi connectivity index (χ2v) is 3.55. The molecule has 0 bridgehead atoms. The van der Waals surface area contributed by atoms with Gasteiger partial charge in [0, 0.05) is 17.3 Å². The van der Waals surface area contributed by atoms with Crippen LogP contribution >= 0.6 is 34.4 Å². The minimum absolute atomic E-state index is 1.12. The Balaban J connectivity index is 2.67. The number of nitrogens with one attached hydrogen (secondary N) is 1. The summed E-state index contributed by atoms with van der Waals surface area (Å²) >= 11 is 3.64. The van der Waals surface area contributed by atoms with Crippen molar-refractivity contribution in [2.45, 2.75) is 0 Å². The van der Waals surface area contributed by atoms with Crippen molar-refractivity contribution < 1.29 is 0 Å². The van der Waals surface area contributed by atoms with E-state index in [4.69, 9.17) is 0 Å². The Morgan fingerprint density at radius 2 is 2.36 bits per heavy atom. The van der Waals surface area contributed by atoms with Gasteiger partial charge in [0.1, 0.15) is 0 Å². The largest absolute Gasteiger partial charge is 0.328 e. The molecule has 0 aliphatic heterocycles. The van der Waals surface area contributed by atoms with E-state index < -0.39 is 0 Å². The van der Waals surface area contributed by atoms with E-state index in [9.17, 15) is 0 Å². The first-order valence-electron chi connectivity index (χ1n) is 3.11. The average molecular weight is 276 g/mol. The second-order valence-electron chi connectivity index (χ2n) is 2.17. The summed E-state index contributed by atoms with van der Waals surface area (Å²) in [6.45, 7) is 0. The van der Waals surface area contributed by atoms with E-state index in [1.807, 2.05) is 12.3 Å². The fourth-order valence-electron chi connectivity index (χ4n) is 0.931. The molecule has 0 amide bonds. The van der Waals surface area contributed by atoms with E-state index in [1.54, 1.807) is 0 Å². The molecule has 0 saturated carbocycles. The smallest absolute Gasteiger partial charge is 0.0560 e. The van der Waals surface area contributed by atoms with Crippen LogP contribution in [0.25, 0.3) is 10.1 Å². The SMILES string of the molecule is INc1ccc2sncc2c1. The van der Waals surface area contributed by atoms with Crippen LogP contribution in [0.4, 0.5) is 5.69 Å². The molecule has 0 atom stereocenters. The van der Waals surface area contributed by atoms with Crippen LogP contribution in [0.2, 0.25) is 0 Å². The highest BCUT2D eigenvalue weighted by Gasteiger charge is 1.95.